The van der Waals surface area contributed by atoms with Crippen LogP contribution in [0.15, 0.2) is 24.3 Å². The van der Waals surface area contributed by atoms with Crippen LogP contribution in [0.5, 0.6) is 0 Å². The highest BCUT2D eigenvalue weighted by atomic mass is 16.4. The number of allylic oxidation sites excluding steroid dienone is 1. The maximum atomic E-state index is 12.5. The predicted molar refractivity (Wildman–Crippen MR) is 144 cm³/mol. The smallest absolute Gasteiger partial charge is 0.306 e. The molecule has 5 heteroatoms. The molecular formula is C31H48O5. The summed E-state index contributed by atoms with van der Waals surface area (Å²) in [4.78, 5) is 12.5. The third-order valence-electron chi connectivity index (χ3n) is 10.0. The number of aliphatic hydroxyl groups excluding tert-OH is 2. The second kappa shape index (κ2) is 10.2. The summed E-state index contributed by atoms with van der Waals surface area (Å²) in [6, 6.07) is 4.31. The van der Waals surface area contributed by atoms with Gasteiger partial charge in [0.15, 0.2) is 0 Å². The van der Waals surface area contributed by atoms with Crippen molar-refractivity contribution in [2.45, 2.75) is 117 Å². The molecule has 0 amide bonds. The van der Waals surface area contributed by atoms with Gasteiger partial charge >= 0.3 is 5.97 Å². The number of benzene rings is 1. The quantitative estimate of drug-likeness (QED) is 0.325. The lowest BCUT2D eigenvalue weighted by Crippen LogP contribution is -2.48. The van der Waals surface area contributed by atoms with Gasteiger partial charge < -0.3 is 20.4 Å². The SMILES string of the molecule is C=C(CC[C@@H](C(=O)O)[C@H]1[C@H](O)C[C@@]2(C)c3ccc(C)c(CC[C@H](O)C(C)(C)O)c3CC[C@]12C)C(C)C. The second-order valence-corrected chi connectivity index (χ2v) is 12.9. The highest BCUT2D eigenvalue weighted by Crippen LogP contribution is 2.64. The van der Waals surface area contributed by atoms with Crippen molar-refractivity contribution in [3.8, 4) is 0 Å². The molecule has 0 saturated heterocycles. The van der Waals surface area contributed by atoms with Gasteiger partial charge in [-0.05, 0) is 99.3 Å². The van der Waals surface area contributed by atoms with Gasteiger partial charge in [0, 0.05) is 11.3 Å². The second-order valence-electron chi connectivity index (χ2n) is 12.9. The minimum absolute atomic E-state index is 0.312. The van der Waals surface area contributed by atoms with Crippen molar-refractivity contribution in [3.05, 3.63) is 46.5 Å². The number of fused-ring (bicyclic) bond motifs is 3. The number of aliphatic hydroxyl groups is 3. The Morgan fingerprint density at radius 2 is 1.86 bits per heavy atom. The van der Waals surface area contributed by atoms with Gasteiger partial charge in [0.05, 0.1) is 23.7 Å². The molecule has 0 bridgehead atoms. The number of rotatable bonds is 10. The van der Waals surface area contributed by atoms with E-state index in [1.165, 1.54) is 22.3 Å². The Morgan fingerprint density at radius 1 is 1.22 bits per heavy atom. The van der Waals surface area contributed by atoms with Crippen LogP contribution in [-0.4, -0.2) is 44.2 Å². The summed E-state index contributed by atoms with van der Waals surface area (Å²) in [7, 11) is 0. The maximum Gasteiger partial charge on any atom is 0.306 e. The molecule has 0 radical (unpaired) electrons. The zero-order valence-electron chi connectivity index (χ0n) is 23.4. The van der Waals surface area contributed by atoms with Crippen molar-refractivity contribution < 1.29 is 25.2 Å². The fourth-order valence-electron chi connectivity index (χ4n) is 7.21. The summed E-state index contributed by atoms with van der Waals surface area (Å²) in [5.41, 5.74) is 4.12. The van der Waals surface area contributed by atoms with Crippen LogP contribution < -0.4 is 0 Å². The van der Waals surface area contributed by atoms with Crippen LogP contribution in [0.3, 0.4) is 0 Å². The summed E-state index contributed by atoms with van der Waals surface area (Å²) in [6.07, 6.45) is 3.00. The number of carbonyl (C=O) groups is 1. The largest absolute Gasteiger partial charge is 0.481 e. The number of carboxylic acids is 1. The average Bonchev–Trinajstić information content (AvgIpc) is 2.97. The van der Waals surface area contributed by atoms with Crippen LogP contribution in [0, 0.1) is 30.1 Å². The van der Waals surface area contributed by atoms with Gasteiger partial charge in [-0.2, -0.15) is 0 Å². The van der Waals surface area contributed by atoms with E-state index in [0.717, 1.165) is 18.4 Å². The molecule has 1 saturated carbocycles. The summed E-state index contributed by atoms with van der Waals surface area (Å²) in [5, 5.41) is 42.3. The first-order valence-electron chi connectivity index (χ1n) is 13.7. The molecule has 1 aromatic rings. The number of carboxylic acid groups (broad SMARTS) is 1. The lowest BCUT2D eigenvalue weighted by Gasteiger charge is -2.51. The van der Waals surface area contributed by atoms with Crippen LogP contribution in [0.4, 0.5) is 0 Å². The van der Waals surface area contributed by atoms with E-state index < -0.39 is 29.7 Å². The van der Waals surface area contributed by atoms with Crippen molar-refractivity contribution in [1.29, 1.82) is 0 Å². The Labute approximate surface area is 217 Å². The molecule has 0 heterocycles. The molecule has 0 unspecified atom stereocenters. The normalized spacial score (nSPS) is 29.5. The van der Waals surface area contributed by atoms with E-state index >= 15 is 0 Å². The van der Waals surface area contributed by atoms with Gasteiger partial charge in [-0.25, -0.2) is 0 Å². The zero-order chi connectivity index (χ0) is 27.2. The molecule has 6 atom stereocenters. The minimum atomic E-state index is -1.15. The van der Waals surface area contributed by atoms with Gasteiger partial charge in [0.2, 0.25) is 0 Å². The third-order valence-corrected chi connectivity index (χ3v) is 10.0. The first-order chi connectivity index (χ1) is 16.5. The number of hydrogen-bond donors (Lipinski definition) is 4. The fourth-order valence-corrected chi connectivity index (χ4v) is 7.21. The van der Waals surface area contributed by atoms with Crippen molar-refractivity contribution in [2.24, 2.45) is 23.2 Å². The van der Waals surface area contributed by atoms with Gasteiger partial charge in [-0.3, -0.25) is 4.79 Å². The van der Waals surface area contributed by atoms with Gasteiger partial charge in [-0.1, -0.05) is 52.0 Å². The van der Waals surface area contributed by atoms with Crippen molar-refractivity contribution >= 4 is 5.97 Å². The van der Waals surface area contributed by atoms with E-state index in [1.807, 2.05) is 0 Å². The molecule has 4 N–H and O–H groups in total. The standard InChI is InChI=1S/C31H48O5/c1-18(2)19(3)9-11-23(28(34)35)27-25(32)17-31(8)24-13-10-20(4)21(12-14-26(33)29(5,6)36)22(24)15-16-30(27,31)7/h10,13,18,23,25-27,32-33,36H,3,9,11-12,14-17H2,1-2,4-8H3,(H,34,35)/t23-,25-,26+,27+,30-,31+/m1/s1. The zero-order valence-corrected chi connectivity index (χ0v) is 23.4. The van der Waals surface area contributed by atoms with Crippen molar-refractivity contribution in [2.75, 3.05) is 0 Å². The monoisotopic (exact) mass is 500 g/mol. The molecule has 0 spiro atoms. The predicted octanol–water partition coefficient (Wildman–Crippen LogP) is 5.34. The van der Waals surface area contributed by atoms with Crippen LogP contribution in [0.1, 0.15) is 95.9 Å². The van der Waals surface area contributed by atoms with Crippen LogP contribution in [0.2, 0.25) is 0 Å². The topological polar surface area (TPSA) is 98.0 Å². The van der Waals surface area contributed by atoms with E-state index in [-0.39, 0.29) is 16.7 Å². The van der Waals surface area contributed by atoms with Crippen molar-refractivity contribution in [1.82, 2.24) is 0 Å². The molecule has 1 fully saturated rings. The third kappa shape index (κ3) is 5.04. The maximum absolute atomic E-state index is 12.5. The Morgan fingerprint density at radius 3 is 2.42 bits per heavy atom. The first-order valence-corrected chi connectivity index (χ1v) is 13.7. The van der Waals surface area contributed by atoms with Crippen LogP contribution in [0.25, 0.3) is 0 Å². The Kier molecular flexibility index (Phi) is 8.20. The molecule has 2 aliphatic carbocycles. The van der Waals surface area contributed by atoms with Crippen LogP contribution in [-0.2, 0) is 23.1 Å². The van der Waals surface area contributed by atoms with E-state index in [4.69, 9.17) is 0 Å². The molecular weight excluding hydrogens is 452 g/mol. The first kappa shape index (κ1) is 28.9. The Bertz CT molecular complexity index is 989. The summed E-state index contributed by atoms with van der Waals surface area (Å²) < 4.78 is 0. The minimum Gasteiger partial charge on any atom is -0.481 e. The molecule has 2 aliphatic rings. The molecule has 5 nitrogen and oxygen atoms in total. The van der Waals surface area contributed by atoms with Gasteiger partial charge in [0.25, 0.3) is 0 Å². The number of aliphatic carboxylic acids is 1. The van der Waals surface area contributed by atoms with E-state index in [2.05, 4.69) is 53.3 Å². The molecule has 0 aromatic heterocycles. The Balaban J connectivity index is 1.97. The van der Waals surface area contributed by atoms with E-state index in [9.17, 15) is 25.2 Å². The lowest BCUT2D eigenvalue weighted by molar-refractivity contribution is -0.148. The molecule has 36 heavy (non-hydrogen) atoms. The number of hydrogen-bond acceptors (Lipinski definition) is 4. The summed E-state index contributed by atoms with van der Waals surface area (Å²) in [5.74, 6) is -1.45. The lowest BCUT2D eigenvalue weighted by atomic mass is 9.53. The van der Waals surface area contributed by atoms with E-state index in [1.54, 1.807) is 13.8 Å². The molecule has 202 valence electrons. The molecule has 1 aromatic carbocycles. The van der Waals surface area contributed by atoms with Crippen LogP contribution >= 0.6 is 0 Å². The highest BCUT2D eigenvalue weighted by Gasteiger charge is 2.63. The fraction of sp³-hybridized carbons (Fsp3) is 0.710. The molecule has 3 rings (SSSR count). The average molecular weight is 501 g/mol. The van der Waals surface area contributed by atoms with E-state index in [0.29, 0.717) is 38.0 Å². The summed E-state index contributed by atoms with van der Waals surface area (Å²) >= 11 is 0. The Hall–Kier alpha value is -1.69. The molecule has 0 aliphatic heterocycles. The highest BCUT2D eigenvalue weighted by molar-refractivity contribution is 5.71. The summed E-state index contributed by atoms with van der Waals surface area (Å²) in [6.45, 7) is 18.1. The van der Waals surface area contributed by atoms with Gasteiger partial charge in [0.1, 0.15) is 0 Å². The number of aryl methyl sites for hydroxylation is 1. The van der Waals surface area contributed by atoms with Crippen molar-refractivity contribution in [3.63, 3.8) is 0 Å². The van der Waals surface area contributed by atoms with Gasteiger partial charge in [-0.15, -0.1) is 0 Å².